The van der Waals surface area contributed by atoms with E-state index in [1.165, 1.54) is 0 Å². The molecule has 0 unspecified atom stereocenters. The van der Waals surface area contributed by atoms with Gasteiger partial charge in [0.25, 0.3) is 0 Å². The number of imidazole rings is 1. The standard InChI is InChI=1S/C21H17N2O.C11H8N.Ir/c1-14(2)12-22-13-23-18-11-10-15-6-3-4-7-16(15)21(18)24-19-9-5-8-17(22)20(19)23;1-2-6-10(7-3-1)11-8-4-5-9-12-11;/h3-10,14H,12H2,1-2H3;1-6,8-9H;/q2*-1;+3. The van der Waals surface area contributed by atoms with E-state index in [1.54, 1.807) is 6.20 Å². The van der Waals surface area contributed by atoms with Crippen molar-refractivity contribution in [2.24, 2.45) is 5.92 Å². The van der Waals surface area contributed by atoms with Gasteiger partial charge in [0, 0.05) is 11.9 Å². The van der Waals surface area contributed by atoms with E-state index >= 15 is 0 Å². The number of benzene rings is 4. The quantitative estimate of drug-likeness (QED) is 0.152. The van der Waals surface area contributed by atoms with Gasteiger partial charge in [0.2, 0.25) is 6.33 Å². The molecule has 0 fully saturated rings. The summed E-state index contributed by atoms with van der Waals surface area (Å²) in [5, 5.41) is 2.24. The fraction of sp³-hybridized carbons (Fsp3) is 0.125. The number of para-hydroxylation sites is 1. The average Bonchev–Trinajstić information content (AvgIpc) is 3.29. The van der Waals surface area contributed by atoms with Crippen LogP contribution in [0.4, 0.5) is 0 Å². The molecule has 5 heteroatoms. The Labute approximate surface area is 230 Å². The van der Waals surface area contributed by atoms with Crippen LogP contribution in [0.3, 0.4) is 0 Å². The topological polar surface area (TPSA) is 30.9 Å². The van der Waals surface area contributed by atoms with Gasteiger partial charge in [0.05, 0.1) is 17.6 Å². The van der Waals surface area contributed by atoms with Crippen LogP contribution >= 0.6 is 0 Å². The fourth-order valence-corrected chi connectivity index (χ4v) is 4.55. The van der Waals surface area contributed by atoms with Crippen LogP contribution in [0.15, 0.2) is 97.2 Å². The van der Waals surface area contributed by atoms with Crippen molar-refractivity contribution in [1.82, 2.24) is 9.55 Å². The van der Waals surface area contributed by atoms with Crippen LogP contribution < -0.4 is 9.30 Å². The Bertz CT molecular complexity index is 1620. The minimum Gasteiger partial charge on any atom is -0.526 e. The SMILES string of the molecule is CC(C)Cn1[c-][n+]2c3c(cccc31)Oc1c-2[c-]cc2ccccc12.[Ir+3].[c-]1ccccc1-c1ccccn1. The Balaban J connectivity index is 0.000000183. The molecule has 4 nitrogen and oxygen atoms in total. The maximum absolute atomic E-state index is 6.30. The Kier molecular flexibility index (Phi) is 7.18. The summed E-state index contributed by atoms with van der Waals surface area (Å²) < 4.78 is 10.6. The van der Waals surface area contributed by atoms with Crippen molar-refractivity contribution in [3.05, 3.63) is 116 Å². The zero-order valence-corrected chi connectivity index (χ0v) is 23.0. The Hall–Kier alpha value is -3.79. The van der Waals surface area contributed by atoms with Gasteiger partial charge in [-0.25, -0.2) is 0 Å². The number of hydrogen-bond donors (Lipinski definition) is 0. The minimum absolute atomic E-state index is 0. The molecule has 2 aromatic heterocycles. The molecule has 0 amide bonds. The van der Waals surface area contributed by atoms with E-state index in [0.717, 1.165) is 56.8 Å². The van der Waals surface area contributed by atoms with Crippen molar-refractivity contribution in [2.45, 2.75) is 20.4 Å². The van der Waals surface area contributed by atoms with Gasteiger partial charge in [-0.15, -0.1) is 47.3 Å². The van der Waals surface area contributed by atoms with E-state index in [-0.39, 0.29) is 20.1 Å². The predicted molar refractivity (Wildman–Crippen MR) is 142 cm³/mol. The third-order valence-electron chi connectivity index (χ3n) is 6.13. The largest absolute Gasteiger partial charge is 3.00 e. The van der Waals surface area contributed by atoms with Gasteiger partial charge in [-0.3, -0.25) is 0 Å². The van der Waals surface area contributed by atoms with Crippen LogP contribution in [0.5, 0.6) is 11.5 Å². The van der Waals surface area contributed by atoms with Gasteiger partial charge in [-0.2, -0.15) is 12.1 Å². The van der Waals surface area contributed by atoms with Crippen molar-refractivity contribution < 1.29 is 29.4 Å². The molecule has 0 bridgehead atoms. The first-order chi connectivity index (χ1) is 17.7. The zero-order valence-electron chi connectivity index (χ0n) is 20.6. The zero-order chi connectivity index (χ0) is 24.5. The van der Waals surface area contributed by atoms with E-state index in [9.17, 15) is 0 Å². The molecule has 0 saturated carbocycles. The summed E-state index contributed by atoms with van der Waals surface area (Å²) in [4.78, 5) is 4.22. The fourth-order valence-electron chi connectivity index (χ4n) is 4.55. The molecule has 7 rings (SSSR count). The van der Waals surface area contributed by atoms with Gasteiger partial charge in [-0.05, 0) is 29.4 Å². The maximum Gasteiger partial charge on any atom is 3.00 e. The summed E-state index contributed by atoms with van der Waals surface area (Å²) in [6.45, 7) is 5.37. The van der Waals surface area contributed by atoms with Crippen molar-refractivity contribution >= 4 is 21.8 Å². The number of rotatable bonds is 3. The summed E-state index contributed by atoms with van der Waals surface area (Å²) in [6.07, 6.45) is 5.29. The van der Waals surface area contributed by atoms with Crippen LogP contribution in [0.1, 0.15) is 13.8 Å². The van der Waals surface area contributed by atoms with Crippen molar-refractivity contribution in [3.8, 4) is 28.4 Å². The first-order valence-corrected chi connectivity index (χ1v) is 12.2. The normalized spacial score (nSPS) is 11.3. The molecular formula is C32H25IrN3O+. The van der Waals surface area contributed by atoms with Crippen LogP contribution in [0.2, 0.25) is 0 Å². The second kappa shape index (κ2) is 10.7. The van der Waals surface area contributed by atoms with Crippen LogP contribution in [0.25, 0.3) is 38.8 Å². The van der Waals surface area contributed by atoms with E-state index in [2.05, 4.69) is 64.6 Å². The molecule has 37 heavy (non-hydrogen) atoms. The summed E-state index contributed by atoms with van der Waals surface area (Å²) in [5.41, 5.74) is 5.15. The maximum atomic E-state index is 6.30. The molecule has 0 N–H and O–H groups in total. The van der Waals surface area contributed by atoms with Gasteiger partial charge in [0.15, 0.2) is 0 Å². The minimum atomic E-state index is 0. The summed E-state index contributed by atoms with van der Waals surface area (Å²) in [7, 11) is 0. The molecule has 0 atom stereocenters. The molecule has 1 aliphatic heterocycles. The van der Waals surface area contributed by atoms with Crippen LogP contribution in [-0.2, 0) is 26.7 Å². The third kappa shape index (κ3) is 4.81. The summed E-state index contributed by atoms with van der Waals surface area (Å²) in [5.74, 6) is 2.29. The Morgan fingerprint density at radius 3 is 2.54 bits per heavy atom. The number of ether oxygens (including phenoxy) is 1. The number of aromatic nitrogens is 3. The Morgan fingerprint density at radius 2 is 1.76 bits per heavy atom. The molecule has 0 saturated heterocycles. The smallest absolute Gasteiger partial charge is 0.526 e. The number of nitrogens with zero attached hydrogens (tertiary/aromatic N) is 3. The third-order valence-corrected chi connectivity index (χ3v) is 6.13. The monoisotopic (exact) mass is 660 g/mol. The molecule has 1 aliphatic rings. The van der Waals surface area contributed by atoms with Crippen molar-refractivity contribution in [3.63, 3.8) is 0 Å². The second-order valence-corrected chi connectivity index (χ2v) is 9.21. The molecule has 0 aliphatic carbocycles. The average molecular weight is 660 g/mol. The van der Waals surface area contributed by atoms with E-state index in [0.29, 0.717) is 5.92 Å². The van der Waals surface area contributed by atoms with E-state index < -0.39 is 0 Å². The molecule has 0 radical (unpaired) electrons. The van der Waals surface area contributed by atoms with Crippen LogP contribution in [-0.4, -0.2) is 9.55 Å². The number of fused-ring (bicyclic) bond motifs is 4. The molecule has 4 aromatic carbocycles. The predicted octanol–water partition coefficient (Wildman–Crippen LogP) is 6.98. The van der Waals surface area contributed by atoms with Gasteiger partial charge in [0.1, 0.15) is 5.75 Å². The Morgan fingerprint density at radius 1 is 0.919 bits per heavy atom. The first-order valence-electron chi connectivity index (χ1n) is 12.2. The summed E-state index contributed by atoms with van der Waals surface area (Å²) >= 11 is 0. The van der Waals surface area contributed by atoms with E-state index in [4.69, 9.17) is 4.74 Å². The summed E-state index contributed by atoms with van der Waals surface area (Å²) in [6, 6.07) is 36.7. The molecule has 0 spiro atoms. The molecule has 3 heterocycles. The number of pyridine rings is 1. The van der Waals surface area contributed by atoms with Gasteiger partial charge in [-0.1, -0.05) is 61.7 Å². The molecular weight excluding hydrogens is 635 g/mol. The van der Waals surface area contributed by atoms with Crippen molar-refractivity contribution in [1.29, 1.82) is 0 Å². The first kappa shape index (κ1) is 24.9. The molecule has 6 aromatic rings. The van der Waals surface area contributed by atoms with Crippen molar-refractivity contribution in [2.75, 3.05) is 0 Å². The van der Waals surface area contributed by atoms with Crippen LogP contribution in [0, 0.1) is 24.4 Å². The van der Waals surface area contributed by atoms with E-state index in [1.807, 2.05) is 72.8 Å². The number of hydrogen-bond acceptors (Lipinski definition) is 2. The van der Waals surface area contributed by atoms with Gasteiger partial charge >= 0.3 is 20.1 Å². The van der Waals surface area contributed by atoms with Gasteiger partial charge < -0.3 is 18.9 Å². The molecule has 182 valence electrons. The second-order valence-electron chi connectivity index (χ2n) is 9.21.